The molecule has 0 radical (unpaired) electrons. The van der Waals surface area contributed by atoms with Crippen LogP contribution in [0.4, 0.5) is 8.78 Å². The maximum Gasteiger partial charge on any atom is 0.264 e. The molecular formula is C11H10F2N2O2. The van der Waals surface area contributed by atoms with E-state index in [0.29, 0.717) is 11.1 Å². The standard InChI is InChI=1S/C11H10F2N2O2/c1-15-7(16)4-6(10(12)13)8-9(5-2-3-5)14-17-11(8)15/h4-5,10H,2-3H2,1H3. The average molecular weight is 240 g/mol. The second kappa shape index (κ2) is 3.38. The van der Waals surface area contributed by atoms with Crippen LogP contribution in [-0.2, 0) is 7.05 Å². The normalized spacial score (nSPS) is 16.0. The van der Waals surface area contributed by atoms with E-state index in [1.165, 1.54) is 11.6 Å². The molecule has 1 aliphatic carbocycles. The van der Waals surface area contributed by atoms with Gasteiger partial charge in [-0.3, -0.25) is 9.36 Å². The Labute approximate surface area is 94.8 Å². The number of alkyl halides is 2. The number of fused-ring (bicyclic) bond motifs is 1. The third-order valence-electron chi connectivity index (χ3n) is 3.10. The van der Waals surface area contributed by atoms with Gasteiger partial charge in [-0.2, -0.15) is 0 Å². The number of nitrogens with zero attached hydrogens (tertiary/aromatic N) is 2. The van der Waals surface area contributed by atoms with E-state index >= 15 is 0 Å². The number of hydrogen-bond donors (Lipinski definition) is 0. The molecule has 6 heteroatoms. The monoisotopic (exact) mass is 240 g/mol. The minimum atomic E-state index is -2.69. The van der Waals surface area contributed by atoms with Crippen LogP contribution in [0.15, 0.2) is 15.4 Å². The van der Waals surface area contributed by atoms with Crippen LogP contribution in [0.25, 0.3) is 11.1 Å². The molecule has 0 N–H and O–H groups in total. The number of halogens is 2. The van der Waals surface area contributed by atoms with Crippen LogP contribution in [0.5, 0.6) is 0 Å². The third kappa shape index (κ3) is 1.47. The molecule has 2 aromatic rings. The quantitative estimate of drug-likeness (QED) is 0.809. The van der Waals surface area contributed by atoms with Crippen molar-refractivity contribution < 1.29 is 13.3 Å². The fourth-order valence-corrected chi connectivity index (χ4v) is 2.00. The summed E-state index contributed by atoms with van der Waals surface area (Å²) in [6, 6.07) is 0.968. The molecule has 0 amide bonds. The lowest BCUT2D eigenvalue weighted by Gasteiger charge is -2.04. The van der Waals surface area contributed by atoms with E-state index in [0.717, 1.165) is 18.9 Å². The number of pyridine rings is 1. The molecule has 0 spiro atoms. The van der Waals surface area contributed by atoms with E-state index in [1.807, 2.05) is 0 Å². The van der Waals surface area contributed by atoms with Crippen molar-refractivity contribution in [3.63, 3.8) is 0 Å². The summed E-state index contributed by atoms with van der Waals surface area (Å²) in [5, 5.41) is 4.14. The van der Waals surface area contributed by atoms with Gasteiger partial charge in [0.25, 0.3) is 12.0 Å². The smallest absolute Gasteiger partial charge is 0.264 e. The molecule has 90 valence electrons. The molecule has 0 aliphatic heterocycles. The van der Waals surface area contributed by atoms with Crippen molar-refractivity contribution in [2.24, 2.45) is 7.05 Å². The van der Waals surface area contributed by atoms with Crippen LogP contribution in [-0.4, -0.2) is 9.72 Å². The van der Waals surface area contributed by atoms with Gasteiger partial charge in [0.2, 0.25) is 5.71 Å². The van der Waals surface area contributed by atoms with E-state index < -0.39 is 12.0 Å². The highest BCUT2D eigenvalue weighted by molar-refractivity contribution is 5.81. The summed E-state index contributed by atoms with van der Waals surface area (Å²) in [5.74, 6) is 0.200. The van der Waals surface area contributed by atoms with Crippen molar-refractivity contribution in [3.8, 4) is 0 Å². The van der Waals surface area contributed by atoms with Crippen molar-refractivity contribution in [1.29, 1.82) is 0 Å². The molecule has 3 rings (SSSR count). The Hall–Kier alpha value is -1.72. The average Bonchev–Trinajstić information content (AvgIpc) is 3.03. The lowest BCUT2D eigenvalue weighted by molar-refractivity contribution is 0.153. The zero-order valence-electron chi connectivity index (χ0n) is 9.11. The summed E-state index contributed by atoms with van der Waals surface area (Å²) in [7, 11) is 1.49. The zero-order valence-corrected chi connectivity index (χ0v) is 9.11. The highest BCUT2D eigenvalue weighted by Gasteiger charge is 2.32. The molecule has 0 atom stereocenters. The van der Waals surface area contributed by atoms with E-state index in [-0.39, 0.29) is 17.2 Å². The van der Waals surface area contributed by atoms with Crippen molar-refractivity contribution in [1.82, 2.24) is 9.72 Å². The second-order valence-corrected chi connectivity index (χ2v) is 4.32. The van der Waals surface area contributed by atoms with E-state index in [4.69, 9.17) is 4.52 Å². The first kappa shape index (κ1) is 10.4. The van der Waals surface area contributed by atoms with Crippen LogP contribution in [0, 0.1) is 0 Å². The fourth-order valence-electron chi connectivity index (χ4n) is 2.00. The largest absolute Gasteiger partial charge is 0.337 e. The minimum Gasteiger partial charge on any atom is -0.337 e. The lowest BCUT2D eigenvalue weighted by atomic mass is 10.1. The first-order valence-electron chi connectivity index (χ1n) is 5.37. The Balaban J connectivity index is 2.40. The lowest BCUT2D eigenvalue weighted by Crippen LogP contribution is -2.16. The third-order valence-corrected chi connectivity index (χ3v) is 3.10. The maximum absolute atomic E-state index is 12.9. The number of aromatic nitrogens is 2. The summed E-state index contributed by atoms with van der Waals surface area (Å²) < 4.78 is 32.1. The van der Waals surface area contributed by atoms with Gasteiger partial charge in [0.05, 0.1) is 11.1 Å². The van der Waals surface area contributed by atoms with Gasteiger partial charge in [0.15, 0.2) is 0 Å². The number of rotatable bonds is 2. The molecule has 1 fully saturated rings. The van der Waals surface area contributed by atoms with Crippen molar-refractivity contribution in [2.45, 2.75) is 25.2 Å². The van der Waals surface area contributed by atoms with Gasteiger partial charge >= 0.3 is 0 Å². The van der Waals surface area contributed by atoms with Crippen LogP contribution < -0.4 is 5.56 Å². The topological polar surface area (TPSA) is 48.0 Å². The van der Waals surface area contributed by atoms with Gasteiger partial charge in [-0.1, -0.05) is 5.16 Å². The minimum absolute atomic E-state index is 0.134. The summed E-state index contributed by atoms with van der Waals surface area (Å²) in [5.41, 5.74) is -0.0850. The van der Waals surface area contributed by atoms with Gasteiger partial charge in [-0.15, -0.1) is 0 Å². The molecule has 1 saturated carbocycles. The Bertz CT molecular complexity index is 641. The van der Waals surface area contributed by atoms with Gasteiger partial charge in [-0.05, 0) is 12.8 Å². The Morgan fingerprint density at radius 1 is 1.53 bits per heavy atom. The highest BCUT2D eigenvalue weighted by atomic mass is 19.3. The zero-order chi connectivity index (χ0) is 12.2. The van der Waals surface area contributed by atoms with Crippen LogP contribution in [0.2, 0.25) is 0 Å². The van der Waals surface area contributed by atoms with E-state index in [2.05, 4.69) is 5.16 Å². The molecule has 2 aromatic heterocycles. The Morgan fingerprint density at radius 2 is 2.24 bits per heavy atom. The molecule has 0 saturated heterocycles. The van der Waals surface area contributed by atoms with Crippen molar-refractivity contribution in [2.75, 3.05) is 0 Å². The van der Waals surface area contributed by atoms with Crippen LogP contribution in [0.3, 0.4) is 0 Å². The Kier molecular flexibility index (Phi) is 2.08. The van der Waals surface area contributed by atoms with Gasteiger partial charge < -0.3 is 4.52 Å². The van der Waals surface area contributed by atoms with Crippen molar-refractivity contribution in [3.05, 3.63) is 27.7 Å². The van der Waals surface area contributed by atoms with Gasteiger partial charge in [0, 0.05) is 24.6 Å². The molecular weight excluding hydrogens is 230 g/mol. The molecule has 4 nitrogen and oxygen atoms in total. The van der Waals surface area contributed by atoms with Crippen molar-refractivity contribution >= 4 is 11.1 Å². The fraction of sp³-hybridized carbons (Fsp3) is 0.455. The summed E-state index contributed by atoms with van der Waals surface area (Å²) in [6.45, 7) is 0. The molecule has 2 heterocycles. The molecule has 0 bridgehead atoms. The molecule has 0 unspecified atom stereocenters. The number of aryl methyl sites for hydroxylation is 1. The highest BCUT2D eigenvalue weighted by Crippen LogP contribution is 2.44. The van der Waals surface area contributed by atoms with Gasteiger partial charge in [-0.25, -0.2) is 8.78 Å². The van der Waals surface area contributed by atoms with E-state index in [1.54, 1.807) is 0 Å². The SMILES string of the molecule is Cn1c(=O)cc(C(F)F)c2c(C3CC3)noc21. The van der Waals surface area contributed by atoms with Crippen LogP contribution in [0.1, 0.15) is 36.4 Å². The molecule has 1 aliphatic rings. The molecule has 17 heavy (non-hydrogen) atoms. The van der Waals surface area contributed by atoms with Gasteiger partial charge in [0.1, 0.15) is 0 Å². The van der Waals surface area contributed by atoms with Crippen LogP contribution >= 0.6 is 0 Å². The summed E-state index contributed by atoms with van der Waals surface area (Å²) in [6.07, 6.45) is -0.816. The first-order valence-corrected chi connectivity index (χ1v) is 5.37. The first-order chi connectivity index (χ1) is 8.09. The maximum atomic E-state index is 12.9. The van der Waals surface area contributed by atoms with E-state index in [9.17, 15) is 13.6 Å². The molecule has 0 aromatic carbocycles. The predicted octanol–water partition coefficient (Wildman–Crippen LogP) is 2.34. The second-order valence-electron chi connectivity index (χ2n) is 4.32. The predicted molar refractivity (Wildman–Crippen MR) is 56.2 cm³/mol. The number of hydrogen-bond acceptors (Lipinski definition) is 3. The Morgan fingerprint density at radius 3 is 2.82 bits per heavy atom. The summed E-state index contributed by atoms with van der Waals surface area (Å²) >= 11 is 0. The summed E-state index contributed by atoms with van der Waals surface area (Å²) in [4.78, 5) is 11.5.